The summed E-state index contributed by atoms with van der Waals surface area (Å²) in [5, 5.41) is 3.00. The van der Waals surface area contributed by atoms with Crippen molar-refractivity contribution >= 4 is 17.5 Å². The van der Waals surface area contributed by atoms with E-state index in [-0.39, 0.29) is 17.4 Å². The molecule has 0 spiro atoms. The molecule has 0 bridgehead atoms. The summed E-state index contributed by atoms with van der Waals surface area (Å²) in [5.74, 6) is 1.08. The highest BCUT2D eigenvalue weighted by molar-refractivity contribution is 6.18. The second-order valence-electron chi connectivity index (χ2n) is 5.37. The molecule has 1 aliphatic carbocycles. The van der Waals surface area contributed by atoms with E-state index in [4.69, 9.17) is 11.6 Å². The van der Waals surface area contributed by atoms with Crippen LogP contribution in [0.2, 0.25) is 0 Å². The largest absolute Gasteiger partial charge is 0.350 e. The van der Waals surface area contributed by atoms with Crippen molar-refractivity contribution in [2.45, 2.75) is 31.7 Å². The first-order valence-electron chi connectivity index (χ1n) is 5.96. The molecule has 1 aromatic rings. The number of alkyl halides is 1. The molecule has 0 aliphatic heterocycles. The highest BCUT2D eigenvalue weighted by Gasteiger charge is 2.44. The van der Waals surface area contributed by atoms with E-state index in [0.29, 0.717) is 11.8 Å². The van der Waals surface area contributed by atoms with Crippen molar-refractivity contribution in [3.63, 3.8) is 0 Å². The summed E-state index contributed by atoms with van der Waals surface area (Å²) in [4.78, 5) is 12.0. The van der Waals surface area contributed by atoms with Gasteiger partial charge in [0.25, 0.3) is 0 Å². The molecule has 1 fully saturated rings. The van der Waals surface area contributed by atoms with Crippen molar-refractivity contribution in [2.24, 2.45) is 5.92 Å². The van der Waals surface area contributed by atoms with E-state index in [1.165, 1.54) is 5.56 Å². The number of carbonyl (C=O) groups is 1. The average Bonchev–Trinajstić information content (AvgIpc) is 3.10. The van der Waals surface area contributed by atoms with E-state index in [1.807, 2.05) is 32.0 Å². The number of carbonyl (C=O) groups excluding carboxylic acids is 1. The maximum Gasteiger partial charge on any atom is 0.224 e. The Hall–Kier alpha value is -1.02. The van der Waals surface area contributed by atoms with Crippen molar-refractivity contribution in [1.82, 2.24) is 5.32 Å². The Morgan fingerprint density at radius 1 is 1.41 bits per heavy atom. The third-order valence-electron chi connectivity index (χ3n) is 3.15. The van der Waals surface area contributed by atoms with Gasteiger partial charge in [-0.3, -0.25) is 4.79 Å². The van der Waals surface area contributed by atoms with Crippen molar-refractivity contribution in [2.75, 3.05) is 5.88 Å². The van der Waals surface area contributed by atoms with Crippen LogP contribution in [0.5, 0.6) is 0 Å². The third-order valence-corrected chi connectivity index (χ3v) is 3.82. The number of halogens is 1. The summed E-state index contributed by atoms with van der Waals surface area (Å²) in [6.45, 7) is 3.88. The predicted octanol–water partition coefficient (Wildman–Crippen LogP) is 2.92. The Morgan fingerprint density at radius 3 is 2.65 bits per heavy atom. The topological polar surface area (TPSA) is 29.1 Å². The van der Waals surface area contributed by atoms with Gasteiger partial charge >= 0.3 is 0 Å². The van der Waals surface area contributed by atoms with Crippen LogP contribution in [0.1, 0.15) is 31.7 Å². The molecule has 0 heterocycles. The smallest absolute Gasteiger partial charge is 0.224 e. The average molecular weight is 252 g/mol. The minimum atomic E-state index is -0.317. The summed E-state index contributed by atoms with van der Waals surface area (Å²) >= 11 is 5.80. The van der Waals surface area contributed by atoms with Gasteiger partial charge in [0.15, 0.2) is 0 Å². The van der Waals surface area contributed by atoms with Gasteiger partial charge in [0, 0.05) is 17.3 Å². The molecular formula is C14H18ClNO. The maximum absolute atomic E-state index is 12.0. The zero-order chi connectivity index (χ0) is 12.5. The van der Waals surface area contributed by atoms with Crippen molar-refractivity contribution < 1.29 is 4.79 Å². The van der Waals surface area contributed by atoms with E-state index in [0.717, 1.165) is 6.42 Å². The van der Waals surface area contributed by atoms with Crippen LogP contribution in [-0.2, 0) is 4.79 Å². The molecule has 1 N–H and O–H groups in total. The zero-order valence-corrected chi connectivity index (χ0v) is 11.0. The summed E-state index contributed by atoms with van der Waals surface area (Å²) in [6, 6.07) is 10.2. The molecule has 2 atom stereocenters. The molecule has 2 rings (SSSR count). The van der Waals surface area contributed by atoms with Crippen LogP contribution >= 0.6 is 11.6 Å². The summed E-state index contributed by atoms with van der Waals surface area (Å²) in [7, 11) is 0. The van der Waals surface area contributed by atoms with Gasteiger partial charge in [-0.15, -0.1) is 11.6 Å². The molecule has 92 valence electrons. The minimum Gasteiger partial charge on any atom is -0.350 e. The molecule has 2 nitrogen and oxygen atoms in total. The highest BCUT2D eigenvalue weighted by Crippen LogP contribution is 2.47. The second-order valence-corrected chi connectivity index (χ2v) is 5.63. The van der Waals surface area contributed by atoms with E-state index in [2.05, 4.69) is 17.4 Å². The van der Waals surface area contributed by atoms with Crippen LogP contribution in [0.15, 0.2) is 30.3 Å². The lowest BCUT2D eigenvalue weighted by Gasteiger charge is -2.23. The Balaban J connectivity index is 1.93. The predicted molar refractivity (Wildman–Crippen MR) is 70.2 cm³/mol. The quantitative estimate of drug-likeness (QED) is 0.820. The second kappa shape index (κ2) is 4.69. The van der Waals surface area contributed by atoms with E-state index < -0.39 is 0 Å². The molecule has 0 saturated heterocycles. The first kappa shape index (κ1) is 12.4. The van der Waals surface area contributed by atoms with Gasteiger partial charge in [0.1, 0.15) is 0 Å². The Labute approximate surface area is 107 Å². The van der Waals surface area contributed by atoms with Gasteiger partial charge in [0.05, 0.1) is 0 Å². The van der Waals surface area contributed by atoms with Crippen LogP contribution in [0, 0.1) is 5.92 Å². The molecule has 0 radical (unpaired) electrons. The SMILES string of the molecule is CC(C)(CCl)NC(=O)C1CC1c1ccccc1. The zero-order valence-electron chi connectivity index (χ0n) is 10.2. The first-order chi connectivity index (χ1) is 8.03. The summed E-state index contributed by atoms with van der Waals surface area (Å²) in [5.41, 5.74) is 0.943. The molecule has 1 aromatic carbocycles. The molecule has 1 aliphatic rings. The van der Waals surface area contributed by atoms with Crippen LogP contribution in [0.4, 0.5) is 0 Å². The Morgan fingerprint density at radius 2 is 2.06 bits per heavy atom. The summed E-state index contributed by atoms with van der Waals surface area (Å²) < 4.78 is 0. The lowest BCUT2D eigenvalue weighted by Crippen LogP contribution is -2.45. The molecule has 3 heteroatoms. The van der Waals surface area contributed by atoms with E-state index in [1.54, 1.807) is 0 Å². The van der Waals surface area contributed by atoms with E-state index >= 15 is 0 Å². The number of rotatable bonds is 4. The third kappa shape index (κ3) is 3.01. The number of amides is 1. The lowest BCUT2D eigenvalue weighted by molar-refractivity contribution is -0.123. The monoisotopic (exact) mass is 251 g/mol. The minimum absolute atomic E-state index is 0.125. The fraction of sp³-hybridized carbons (Fsp3) is 0.500. The molecule has 1 amide bonds. The van der Waals surface area contributed by atoms with Gasteiger partial charge < -0.3 is 5.32 Å². The van der Waals surface area contributed by atoms with Gasteiger partial charge in [0.2, 0.25) is 5.91 Å². The molecule has 0 aromatic heterocycles. The van der Waals surface area contributed by atoms with Crippen molar-refractivity contribution in [1.29, 1.82) is 0 Å². The Kier molecular flexibility index (Phi) is 3.43. The van der Waals surface area contributed by atoms with Crippen LogP contribution < -0.4 is 5.32 Å². The van der Waals surface area contributed by atoms with Crippen molar-refractivity contribution in [3.8, 4) is 0 Å². The Bertz CT molecular complexity index is 402. The number of hydrogen-bond acceptors (Lipinski definition) is 1. The first-order valence-corrected chi connectivity index (χ1v) is 6.50. The number of nitrogens with one attached hydrogen (secondary N) is 1. The lowest BCUT2D eigenvalue weighted by atomic mass is 10.1. The highest BCUT2D eigenvalue weighted by atomic mass is 35.5. The molecular weight excluding hydrogens is 234 g/mol. The fourth-order valence-corrected chi connectivity index (χ4v) is 2.08. The van der Waals surface area contributed by atoms with Crippen LogP contribution in [-0.4, -0.2) is 17.3 Å². The standard InChI is InChI=1S/C14H18ClNO/c1-14(2,9-15)16-13(17)12-8-11(12)10-6-4-3-5-7-10/h3-7,11-12H,8-9H2,1-2H3,(H,16,17). The number of benzene rings is 1. The summed E-state index contributed by atoms with van der Waals surface area (Å²) in [6.07, 6.45) is 0.953. The van der Waals surface area contributed by atoms with E-state index in [9.17, 15) is 4.79 Å². The molecule has 1 saturated carbocycles. The van der Waals surface area contributed by atoms with Crippen LogP contribution in [0.3, 0.4) is 0 Å². The van der Waals surface area contributed by atoms with Crippen LogP contribution in [0.25, 0.3) is 0 Å². The fourth-order valence-electron chi connectivity index (χ4n) is 2.01. The molecule has 2 unspecified atom stereocenters. The van der Waals surface area contributed by atoms with Gasteiger partial charge in [-0.2, -0.15) is 0 Å². The molecule has 17 heavy (non-hydrogen) atoms. The number of hydrogen-bond donors (Lipinski definition) is 1. The maximum atomic E-state index is 12.0. The van der Waals surface area contributed by atoms with Gasteiger partial charge in [-0.1, -0.05) is 30.3 Å². The van der Waals surface area contributed by atoms with Gasteiger partial charge in [-0.05, 0) is 31.7 Å². The van der Waals surface area contributed by atoms with Gasteiger partial charge in [-0.25, -0.2) is 0 Å². The normalized spacial score (nSPS) is 23.2. The van der Waals surface area contributed by atoms with Crippen molar-refractivity contribution in [3.05, 3.63) is 35.9 Å².